The van der Waals surface area contributed by atoms with Gasteiger partial charge in [-0.2, -0.15) is 0 Å². The minimum Gasteiger partial charge on any atom is -0.455 e. The summed E-state index contributed by atoms with van der Waals surface area (Å²) < 4.78 is 4.27. The molecule has 2 nitrogen and oxygen atoms in total. The van der Waals surface area contributed by atoms with Crippen LogP contribution in [0.3, 0.4) is 0 Å². The Balaban J connectivity index is -0.000000125. The first-order chi connectivity index (χ1) is 2.77. The normalized spacial score (nSPS) is 5.75. The maximum Gasteiger partial charge on any atom is 0.303 e. The van der Waals surface area contributed by atoms with Crippen molar-refractivity contribution in [3.63, 3.8) is 0 Å². The monoisotopic (exact) mass is 138 g/mol. The van der Waals surface area contributed by atoms with E-state index in [0.29, 0.717) is 0 Å². The van der Waals surface area contributed by atoms with Crippen LogP contribution in [0.2, 0.25) is 0 Å². The van der Waals surface area contributed by atoms with E-state index in [-0.39, 0.29) is 26.8 Å². The van der Waals surface area contributed by atoms with Gasteiger partial charge in [-0.05, 0) is 0 Å². The molecule has 52 valence electrons. The van der Waals surface area contributed by atoms with Gasteiger partial charge in [-0.25, -0.2) is 0 Å². The fourth-order valence-corrected chi connectivity index (χ4v) is 0.273. The topological polar surface area (TPSA) is 26.3 Å². The summed E-state index contributed by atoms with van der Waals surface area (Å²) in [5.74, 6) is -0.111. The van der Waals surface area contributed by atoms with E-state index in [1.165, 1.54) is 6.92 Å². The SMILES string of the molecule is C.C.CC(=O)OCS. The lowest BCUT2D eigenvalue weighted by Gasteiger charge is -1.88. The van der Waals surface area contributed by atoms with Crippen molar-refractivity contribution in [2.75, 3.05) is 5.94 Å². The van der Waals surface area contributed by atoms with Gasteiger partial charge in [0, 0.05) is 6.92 Å². The molecular weight excluding hydrogens is 124 g/mol. The van der Waals surface area contributed by atoms with E-state index in [9.17, 15) is 4.79 Å². The first kappa shape index (κ1) is 15.7. The maximum atomic E-state index is 9.77. The number of hydrogen-bond acceptors (Lipinski definition) is 3. The second-order valence-corrected chi connectivity index (χ2v) is 1.02. The van der Waals surface area contributed by atoms with Crippen LogP contribution >= 0.6 is 12.6 Å². The molecule has 0 unspecified atom stereocenters. The fourth-order valence-electron chi connectivity index (χ4n) is 0.0909. The molecule has 0 rings (SSSR count). The molecular formula is C5H14O2S. The van der Waals surface area contributed by atoms with Crippen LogP contribution in [0.15, 0.2) is 0 Å². The van der Waals surface area contributed by atoms with E-state index in [2.05, 4.69) is 17.4 Å². The Labute approximate surface area is 56.6 Å². The highest BCUT2D eigenvalue weighted by Crippen LogP contribution is 1.76. The molecule has 0 spiro atoms. The van der Waals surface area contributed by atoms with Crippen molar-refractivity contribution >= 4 is 18.6 Å². The Morgan fingerprint density at radius 3 is 2.00 bits per heavy atom. The number of esters is 1. The Morgan fingerprint density at radius 2 is 2.00 bits per heavy atom. The molecule has 3 heteroatoms. The van der Waals surface area contributed by atoms with Crippen molar-refractivity contribution in [2.45, 2.75) is 21.8 Å². The van der Waals surface area contributed by atoms with Crippen LogP contribution in [-0.2, 0) is 9.53 Å². The molecule has 0 heterocycles. The molecule has 0 aliphatic rings. The summed E-state index contributed by atoms with van der Waals surface area (Å²) in [6.07, 6.45) is 0. The van der Waals surface area contributed by atoms with Gasteiger partial charge in [0.1, 0.15) is 5.94 Å². The van der Waals surface area contributed by atoms with Crippen molar-refractivity contribution in [2.24, 2.45) is 0 Å². The number of hydrogen-bond donors (Lipinski definition) is 1. The third-order valence-corrected chi connectivity index (χ3v) is 0.397. The third kappa shape index (κ3) is 17.0. The van der Waals surface area contributed by atoms with Crippen molar-refractivity contribution in [1.82, 2.24) is 0 Å². The van der Waals surface area contributed by atoms with Crippen LogP contribution in [0.1, 0.15) is 21.8 Å². The minimum atomic E-state index is -0.287. The predicted molar refractivity (Wildman–Crippen MR) is 39.1 cm³/mol. The summed E-state index contributed by atoms with van der Waals surface area (Å²) in [5, 5.41) is 0. The van der Waals surface area contributed by atoms with Crippen LogP contribution < -0.4 is 0 Å². The zero-order chi connectivity index (χ0) is 4.99. The molecule has 0 aromatic rings. The third-order valence-electron chi connectivity index (χ3n) is 0.268. The molecule has 0 fully saturated rings. The zero-order valence-electron chi connectivity index (χ0n) is 3.47. The molecule has 0 aromatic carbocycles. The van der Waals surface area contributed by atoms with Crippen molar-refractivity contribution in [1.29, 1.82) is 0 Å². The van der Waals surface area contributed by atoms with E-state index >= 15 is 0 Å². The molecule has 0 bridgehead atoms. The zero-order valence-corrected chi connectivity index (χ0v) is 4.37. The highest BCUT2D eigenvalue weighted by atomic mass is 32.1. The number of rotatable bonds is 1. The van der Waals surface area contributed by atoms with Crippen LogP contribution in [0.5, 0.6) is 0 Å². The molecule has 0 saturated carbocycles. The smallest absolute Gasteiger partial charge is 0.303 e. The second kappa shape index (κ2) is 9.94. The summed E-state index contributed by atoms with van der Waals surface area (Å²) in [5.41, 5.74) is 0. The predicted octanol–water partition coefficient (Wildman–Crippen LogP) is 1.71. The summed E-state index contributed by atoms with van der Waals surface area (Å²) in [6.45, 7) is 1.34. The largest absolute Gasteiger partial charge is 0.455 e. The average molecular weight is 138 g/mol. The van der Waals surface area contributed by atoms with Gasteiger partial charge in [-0.1, -0.05) is 14.9 Å². The summed E-state index contributed by atoms with van der Waals surface area (Å²) in [7, 11) is 0. The lowest BCUT2D eigenvalue weighted by Crippen LogP contribution is -1.93. The summed E-state index contributed by atoms with van der Waals surface area (Å²) in [4.78, 5) is 9.77. The Bertz CT molecular complexity index is 54.4. The molecule has 0 N–H and O–H groups in total. The van der Waals surface area contributed by atoms with Gasteiger partial charge in [-0.3, -0.25) is 4.79 Å². The lowest BCUT2D eigenvalue weighted by molar-refractivity contribution is -0.138. The maximum absolute atomic E-state index is 9.77. The first-order valence-electron chi connectivity index (χ1n) is 1.51. The molecule has 8 heavy (non-hydrogen) atoms. The molecule has 0 atom stereocenters. The number of thiol groups is 1. The van der Waals surface area contributed by atoms with E-state index in [4.69, 9.17) is 0 Å². The van der Waals surface area contributed by atoms with Gasteiger partial charge in [-0.15, -0.1) is 12.6 Å². The van der Waals surface area contributed by atoms with E-state index in [1.54, 1.807) is 0 Å². The molecule has 0 aliphatic carbocycles. The van der Waals surface area contributed by atoms with Gasteiger partial charge < -0.3 is 4.74 Å². The average Bonchev–Trinajstić information content (AvgIpc) is 1.35. The van der Waals surface area contributed by atoms with E-state index in [1.807, 2.05) is 0 Å². The molecule has 0 radical (unpaired) electrons. The molecule has 0 aliphatic heterocycles. The highest BCUT2D eigenvalue weighted by Gasteiger charge is 1.82. The van der Waals surface area contributed by atoms with E-state index < -0.39 is 0 Å². The van der Waals surface area contributed by atoms with Crippen molar-refractivity contribution < 1.29 is 9.53 Å². The quantitative estimate of drug-likeness (QED) is 0.339. The van der Waals surface area contributed by atoms with Crippen LogP contribution in [-0.4, -0.2) is 11.9 Å². The standard InChI is InChI=1S/C3H6O2S.2CH4/c1-3(4)5-2-6;;/h6H,2H2,1H3;2*1H4. The van der Waals surface area contributed by atoms with Crippen LogP contribution in [0.25, 0.3) is 0 Å². The lowest BCUT2D eigenvalue weighted by atomic mass is 10.8. The van der Waals surface area contributed by atoms with Gasteiger partial charge in [0.2, 0.25) is 0 Å². The number of carbonyl (C=O) groups excluding carboxylic acids is 1. The van der Waals surface area contributed by atoms with Gasteiger partial charge in [0.05, 0.1) is 0 Å². The molecule has 0 amide bonds. The second-order valence-electron chi connectivity index (χ2n) is 0.765. The highest BCUT2D eigenvalue weighted by molar-refractivity contribution is 7.80. The van der Waals surface area contributed by atoms with Gasteiger partial charge in [0.25, 0.3) is 0 Å². The Hall–Kier alpha value is -0.180. The van der Waals surface area contributed by atoms with Crippen LogP contribution in [0.4, 0.5) is 0 Å². The minimum absolute atomic E-state index is 0. The van der Waals surface area contributed by atoms with Crippen molar-refractivity contribution in [3.05, 3.63) is 0 Å². The van der Waals surface area contributed by atoms with Gasteiger partial charge in [0.15, 0.2) is 0 Å². The Morgan fingerprint density at radius 1 is 1.62 bits per heavy atom. The molecule has 0 saturated heterocycles. The summed E-state index contributed by atoms with van der Waals surface area (Å²) >= 11 is 3.62. The summed E-state index contributed by atoms with van der Waals surface area (Å²) in [6, 6.07) is 0. The van der Waals surface area contributed by atoms with Gasteiger partial charge >= 0.3 is 5.97 Å². The van der Waals surface area contributed by atoms with Crippen molar-refractivity contribution in [3.8, 4) is 0 Å². The van der Waals surface area contributed by atoms with Crippen LogP contribution in [0, 0.1) is 0 Å². The fraction of sp³-hybridized carbons (Fsp3) is 0.800. The van der Waals surface area contributed by atoms with E-state index in [0.717, 1.165) is 0 Å². The first-order valence-corrected chi connectivity index (χ1v) is 2.15. The molecule has 0 aromatic heterocycles. The Kier molecular flexibility index (Phi) is 19.5. The number of ether oxygens (including phenoxy) is 1. The number of carbonyl (C=O) groups is 1.